The lowest BCUT2D eigenvalue weighted by atomic mass is 10.2. The van der Waals surface area contributed by atoms with Gasteiger partial charge in [-0.05, 0) is 60.2 Å². The number of hydrazone groups is 1. The van der Waals surface area contributed by atoms with Crippen LogP contribution < -0.4 is 25.2 Å². The predicted molar refractivity (Wildman–Crippen MR) is 129 cm³/mol. The lowest BCUT2D eigenvalue weighted by molar-refractivity contribution is -0.123. The van der Waals surface area contributed by atoms with E-state index in [9.17, 15) is 9.59 Å². The van der Waals surface area contributed by atoms with Crippen molar-refractivity contribution in [3.63, 3.8) is 0 Å². The number of ether oxygens (including phenoxy) is 3. The quantitative estimate of drug-likeness (QED) is 0.310. The Kier molecular flexibility index (Phi) is 6.83. The van der Waals surface area contributed by atoms with Crippen LogP contribution in [-0.4, -0.2) is 42.9 Å². The maximum absolute atomic E-state index is 12.3. The van der Waals surface area contributed by atoms with Gasteiger partial charge in [-0.2, -0.15) is 5.10 Å². The molecule has 0 atom stereocenters. The highest BCUT2D eigenvalue weighted by Crippen LogP contribution is 2.26. The molecular formula is C25H22N4O5. The molecule has 0 bridgehead atoms. The summed E-state index contributed by atoms with van der Waals surface area (Å²) in [6.45, 7) is -0.215. The summed E-state index contributed by atoms with van der Waals surface area (Å²) < 4.78 is 15.9. The van der Waals surface area contributed by atoms with E-state index in [1.807, 2.05) is 6.07 Å². The van der Waals surface area contributed by atoms with Crippen LogP contribution in [0, 0.1) is 0 Å². The zero-order chi connectivity index (χ0) is 23.9. The van der Waals surface area contributed by atoms with E-state index in [1.54, 1.807) is 74.9 Å². The summed E-state index contributed by atoms with van der Waals surface area (Å²) in [6, 6.07) is 19.3. The van der Waals surface area contributed by atoms with Crippen molar-refractivity contribution in [1.29, 1.82) is 0 Å². The Morgan fingerprint density at radius 3 is 2.56 bits per heavy atom. The SMILES string of the molecule is COc1ccc(/C=N/NC(=O)COc2ccc(-c3nc4ccccc4c(=O)[nH]3)cc2)cc1OC. The number of nitrogens with zero attached hydrogens (tertiary/aromatic N) is 2. The van der Waals surface area contributed by atoms with Crippen molar-refractivity contribution in [3.05, 3.63) is 82.6 Å². The van der Waals surface area contributed by atoms with Gasteiger partial charge in [0, 0.05) is 5.56 Å². The van der Waals surface area contributed by atoms with Crippen molar-refractivity contribution in [1.82, 2.24) is 15.4 Å². The first-order valence-electron chi connectivity index (χ1n) is 10.3. The average Bonchev–Trinajstić information content (AvgIpc) is 2.87. The lowest BCUT2D eigenvalue weighted by Gasteiger charge is -2.08. The van der Waals surface area contributed by atoms with Crippen molar-refractivity contribution in [3.8, 4) is 28.6 Å². The molecule has 2 N–H and O–H groups in total. The number of fused-ring (bicyclic) bond motifs is 1. The maximum atomic E-state index is 12.3. The molecule has 0 spiro atoms. The van der Waals surface area contributed by atoms with E-state index in [-0.39, 0.29) is 12.2 Å². The van der Waals surface area contributed by atoms with E-state index in [0.717, 1.165) is 11.1 Å². The highest BCUT2D eigenvalue weighted by molar-refractivity contribution is 5.84. The van der Waals surface area contributed by atoms with Crippen molar-refractivity contribution < 1.29 is 19.0 Å². The molecule has 1 aromatic heterocycles. The molecule has 4 aromatic rings. The number of amides is 1. The third kappa shape index (κ3) is 5.21. The smallest absolute Gasteiger partial charge is 0.277 e. The summed E-state index contributed by atoms with van der Waals surface area (Å²) in [5.74, 6) is 1.70. The third-order valence-electron chi connectivity index (χ3n) is 4.92. The Labute approximate surface area is 195 Å². The summed E-state index contributed by atoms with van der Waals surface area (Å²) in [5, 5.41) is 4.46. The molecule has 172 valence electrons. The van der Waals surface area contributed by atoms with Gasteiger partial charge in [0.25, 0.3) is 11.5 Å². The van der Waals surface area contributed by atoms with Crippen molar-refractivity contribution in [2.75, 3.05) is 20.8 Å². The summed E-state index contributed by atoms with van der Waals surface area (Å²) in [6.07, 6.45) is 1.49. The zero-order valence-corrected chi connectivity index (χ0v) is 18.6. The molecule has 1 amide bonds. The predicted octanol–water partition coefficient (Wildman–Crippen LogP) is 3.14. The van der Waals surface area contributed by atoms with Crippen LogP contribution in [0.5, 0.6) is 17.2 Å². The van der Waals surface area contributed by atoms with Crippen molar-refractivity contribution in [2.24, 2.45) is 5.10 Å². The number of methoxy groups -OCH3 is 2. The van der Waals surface area contributed by atoms with Crippen LogP contribution in [0.4, 0.5) is 0 Å². The van der Waals surface area contributed by atoms with Gasteiger partial charge in [0.1, 0.15) is 11.6 Å². The lowest BCUT2D eigenvalue weighted by Crippen LogP contribution is -2.24. The fourth-order valence-electron chi connectivity index (χ4n) is 3.23. The molecule has 0 aliphatic carbocycles. The van der Waals surface area contributed by atoms with Crippen LogP contribution in [0.2, 0.25) is 0 Å². The molecule has 0 fully saturated rings. The van der Waals surface area contributed by atoms with Gasteiger partial charge in [-0.15, -0.1) is 0 Å². The van der Waals surface area contributed by atoms with Gasteiger partial charge < -0.3 is 19.2 Å². The van der Waals surface area contributed by atoms with Crippen LogP contribution in [-0.2, 0) is 4.79 Å². The summed E-state index contributed by atoms with van der Waals surface area (Å²) in [4.78, 5) is 31.6. The number of nitrogens with one attached hydrogen (secondary N) is 2. The molecule has 0 aliphatic heterocycles. The second kappa shape index (κ2) is 10.3. The van der Waals surface area contributed by atoms with Crippen molar-refractivity contribution in [2.45, 2.75) is 0 Å². The van der Waals surface area contributed by atoms with Crippen LogP contribution >= 0.6 is 0 Å². The van der Waals surface area contributed by atoms with Crippen molar-refractivity contribution >= 4 is 23.0 Å². The van der Waals surface area contributed by atoms with Gasteiger partial charge in [-0.25, -0.2) is 10.4 Å². The minimum absolute atomic E-state index is 0.203. The standard InChI is InChI=1S/C25H22N4O5/c1-32-21-12-7-16(13-22(21)33-2)14-26-29-23(30)15-34-18-10-8-17(9-11-18)24-27-20-6-4-3-5-19(20)25(31)28-24/h3-14H,15H2,1-2H3,(H,29,30)(H,27,28,31)/b26-14+. The zero-order valence-electron chi connectivity index (χ0n) is 18.6. The molecule has 0 aliphatic rings. The van der Waals surface area contributed by atoms with Gasteiger partial charge in [-0.1, -0.05) is 12.1 Å². The highest BCUT2D eigenvalue weighted by atomic mass is 16.5. The van der Waals surface area contributed by atoms with Gasteiger partial charge in [-0.3, -0.25) is 9.59 Å². The number of para-hydroxylation sites is 1. The summed E-state index contributed by atoms with van der Waals surface area (Å²) in [7, 11) is 3.10. The Morgan fingerprint density at radius 1 is 1.03 bits per heavy atom. The first-order chi connectivity index (χ1) is 16.6. The molecule has 0 saturated carbocycles. The molecule has 4 rings (SSSR count). The molecule has 9 heteroatoms. The Bertz CT molecular complexity index is 1400. The fraction of sp³-hybridized carbons (Fsp3) is 0.120. The molecular weight excluding hydrogens is 436 g/mol. The van der Waals surface area contributed by atoms with E-state index in [2.05, 4.69) is 20.5 Å². The van der Waals surface area contributed by atoms with Gasteiger partial charge >= 0.3 is 0 Å². The minimum atomic E-state index is -0.415. The number of hydrogen-bond acceptors (Lipinski definition) is 7. The summed E-state index contributed by atoms with van der Waals surface area (Å²) in [5.41, 5.74) is 4.28. The van der Waals surface area contributed by atoms with E-state index in [4.69, 9.17) is 14.2 Å². The van der Waals surface area contributed by atoms with Crippen LogP contribution in [0.25, 0.3) is 22.3 Å². The first-order valence-corrected chi connectivity index (χ1v) is 10.3. The van der Waals surface area contributed by atoms with Gasteiger partial charge in [0.05, 0.1) is 31.3 Å². The number of H-pyrrole nitrogens is 1. The number of aromatic nitrogens is 2. The molecule has 0 unspecified atom stereocenters. The van der Waals surface area contributed by atoms with Crippen LogP contribution in [0.1, 0.15) is 5.56 Å². The second-order valence-corrected chi connectivity index (χ2v) is 7.15. The number of aromatic amines is 1. The van der Waals surface area contributed by atoms with E-state index in [1.165, 1.54) is 6.21 Å². The average molecular weight is 458 g/mol. The monoisotopic (exact) mass is 458 g/mol. The van der Waals surface area contributed by atoms with E-state index in [0.29, 0.717) is 34.0 Å². The number of carbonyl (C=O) groups is 1. The molecule has 3 aromatic carbocycles. The normalized spacial score (nSPS) is 10.9. The molecule has 1 heterocycles. The Balaban J connectivity index is 1.33. The molecule has 34 heavy (non-hydrogen) atoms. The highest BCUT2D eigenvalue weighted by Gasteiger charge is 2.07. The topological polar surface area (TPSA) is 115 Å². The Hall–Kier alpha value is -4.66. The van der Waals surface area contributed by atoms with E-state index < -0.39 is 5.91 Å². The van der Waals surface area contributed by atoms with E-state index >= 15 is 0 Å². The summed E-state index contributed by atoms with van der Waals surface area (Å²) >= 11 is 0. The number of carbonyl (C=O) groups excluding carboxylic acids is 1. The number of rotatable bonds is 8. The van der Waals surface area contributed by atoms with Crippen LogP contribution in [0.3, 0.4) is 0 Å². The molecule has 0 saturated heterocycles. The Morgan fingerprint density at radius 2 is 1.79 bits per heavy atom. The van der Waals surface area contributed by atoms with Crippen LogP contribution in [0.15, 0.2) is 76.6 Å². The fourth-order valence-corrected chi connectivity index (χ4v) is 3.23. The third-order valence-corrected chi connectivity index (χ3v) is 4.92. The first kappa shape index (κ1) is 22.5. The minimum Gasteiger partial charge on any atom is -0.493 e. The largest absolute Gasteiger partial charge is 0.493 e. The second-order valence-electron chi connectivity index (χ2n) is 7.15. The molecule has 9 nitrogen and oxygen atoms in total. The number of benzene rings is 3. The molecule has 0 radical (unpaired) electrons. The van der Waals surface area contributed by atoms with Gasteiger partial charge in [0.15, 0.2) is 18.1 Å². The number of hydrogen-bond donors (Lipinski definition) is 2. The maximum Gasteiger partial charge on any atom is 0.277 e. The van der Waals surface area contributed by atoms with Gasteiger partial charge in [0.2, 0.25) is 0 Å².